The van der Waals surface area contributed by atoms with Gasteiger partial charge in [0.2, 0.25) is 11.8 Å². The van der Waals surface area contributed by atoms with E-state index in [-0.39, 0.29) is 30.3 Å². The van der Waals surface area contributed by atoms with E-state index in [0.717, 1.165) is 62.3 Å². The van der Waals surface area contributed by atoms with Gasteiger partial charge >= 0.3 is 6.03 Å². The highest BCUT2D eigenvalue weighted by Gasteiger charge is 2.35. The third kappa shape index (κ3) is 7.75. The number of piperazine rings is 1. The lowest BCUT2D eigenvalue weighted by atomic mass is 9.91. The number of carbonyl (C=O) groups is 3. The lowest BCUT2D eigenvalue weighted by Gasteiger charge is -2.42. The molecule has 3 saturated heterocycles. The molecule has 2 aromatic rings. The Morgan fingerprint density at radius 1 is 0.958 bits per heavy atom. The molecule has 4 amide bonds. The van der Waals surface area contributed by atoms with E-state index in [4.69, 9.17) is 23.8 Å². The highest BCUT2D eigenvalue weighted by molar-refractivity contribution is 6.33. The number of nitrogen functional groups attached to an aromatic ring is 1. The molecule has 2 aromatic carbocycles. The average Bonchev–Trinajstić information content (AvgIpc) is 3.27. The number of nitrogens with two attached hydrogens (primary N) is 1. The summed E-state index contributed by atoms with van der Waals surface area (Å²) in [6.07, 6.45) is 10.2. The number of likely N-dealkylation sites (N-methyl/N-ethyl adjacent to an activating group) is 1. The van der Waals surface area contributed by atoms with Crippen molar-refractivity contribution in [3.8, 4) is 12.3 Å². The SMILES string of the molecule is C#Cc1cc(C[C@@H](CC(=O)N2CCC(N3CCc4ccccc4NC3=O)CC2)C(=O)N2CCC(N3CCN(C)CC3)CC2)cc(Cl)c1N. The van der Waals surface area contributed by atoms with Gasteiger partial charge in [0.1, 0.15) is 0 Å². The standard InChI is InChI=1S/C37H48ClN7O3/c1-3-27-22-26(24-32(38)35(27)39)23-29(36(47)44-15-9-30(10-16-44)42-20-18-41(2)19-21-42)25-34(46)43-13-11-31(12-14-43)45-17-8-28-6-4-5-7-33(28)40-37(45)48/h1,4-7,22,24,29-31H,8-21,23,25,39H2,2H3,(H,40,48)/t29-/m0/s1. The number of likely N-dealkylation sites (tertiary alicyclic amines) is 2. The van der Waals surface area contributed by atoms with E-state index < -0.39 is 5.92 Å². The minimum atomic E-state index is -0.546. The van der Waals surface area contributed by atoms with E-state index in [1.54, 1.807) is 6.07 Å². The van der Waals surface area contributed by atoms with Crippen LogP contribution in [0.3, 0.4) is 0 Å². The molecule has 48 heavy (non-hydrogen) atoms. The van der Waals surface area contributed by atoms with Gasteiger partial charge in [-0.25, -0.2) is 4.79 Å². The number of fused-ring (bicyclic) bond motifs is 1. The van der Waals surface area contributed by atoms with Gasteiger partial charge in [-0.05, 0) is 74.9 Å². The van der Waals surface area contributed by atoms with E-state index in [0.29, 0.717) is 74.3 Å². The lowest BCUT2D eigenvalue weighted by molar-refractivity contribution is -0.143. The zero-order valence-electron chi connectivity index (χ0n) is 28.0. The number of amides is 4. The summed E-state index contributed by atoms with van der Waals surface area (Å²) in [5.74, 6) is 2.02. The van der Waals surface area contributed by atoms with E-state index in [2.05, 4.69) is 34.2 Å². The first-order valence-corrected chi connectivity index (χ1v) is 17.8. The van der Waals surface area contributed by atoms with E-state index in [1.807, 2.05) is 39.0 Å². The van der Waals surface area contributed by atoms with Crippen molar-refractivity contribution in [3.05, 3.63) is 58.1 Å². The molecule has 4 aliphatic heterocycles. The average molecular weight is 674 g/mol. The van der Waals surface area contributed by atoms with Crippen molar-refractivity contribution in [3.63, 3.8) is 0 Å². The Hall–Kier alpha value is -3.78. The van der Waals surface area contributed by atoms with Crippen LogP contribution >= 0.6 is 11.6 Å². The Bertz CT molecular complexity index is 1540. The summed E-state index contributed by atoms with van der Waals surface area (Å²) in [4.78, 5) is 51.8. The van der Waals surface area contributed by atoms with Crippen molar-refractivity contribution >= 4 is 40.8 Å². The molecule has 4 aliphatic rings. The molecule has 0 unspecified atom stereocenters. The van der Waals surface area contributed by atoms with Crippen molar-refractivity contribution < 1.29 is 14.4 Å². The highest BCUT2D eigenvalue weighted by atomic mass is 35.5. The number of urea groups is 1. The highest BCUT2D eigenvalue weighted by Crippen LogP contribution is 2.29. The zero-order chi connectivity index (χ0) is 33.8. The van der Waals surface area contributed by atoms with Crippen LogP contribution in [0.1, 0.15) is 48.8 Å². The van der Waals surface area contributed by atoms with Crippen molar-refractivity contribution in [2.45, 2.75) is 57.0 Å². The minimum absolute atomic E-state index is 0.00562. The van der Waals surface area contributed by atoms with Gasteiger partial charge in [0.25, 0.3) is 0 Å². The molecular formula is C37H48ClN7O3. The maximum Gasteiger partial charge on any atom is 0.322 e. The molecule has 10 nitrogen and oxygen atoms in total. The van der Waals surface area contributed by atoms with E-state index in [1.165, 1.54) is 0 Å². The van der Waals surface area contributed by atoms with Crippen LogP contribution < -0.4 is 11.1 Å². The molecule has 256 valence electrons. The third-order valence-corrected chi connectivity index (χ3v) is 11.1. The number of benzene rings is 2. The summed E-state index contributed by atoms with van der Waals surface area (Å²) in [6.45, 7) is 7.39. The molecule has 11 heteroatoms. The number of piperidine rings is 2. The van der Waals surface area contributed by atoms with Crippen LogP contribution in [0.2, 0.25) is 5.02 Å². The van der Waals surface area contributed by atoms with Gasteiger partial charge in [-0.3, -0.25) is 14.5 Å². The second kappa shape index (κ2) is 15.2. The molecule has 0 bridgehead atoms. The molecule has 6 rings (SSSR count). The van der Waals surface area contributed by atoms with Crippen LogP contribution in [0.25, 0.3) is 0 Å². The monoisotopic (exact) mass is 673 g/mol. The summed E-state index contributed by atoms with van der Waals surface area (Å²) < 4.78 is 0. The summed E-state index contributed by atoms with van der Waals surface area (Å²) in [7, 11) is 2.16. The minimum Gasteiger partial charge on any atom is -0.397 e. The van der Waals surface area contributed by atoms with Gasteiger partial charge in [-0.15, -0.1) is 6.42 Å². The van der Waals surface area contributed by atoms with Crippen LogP contribution in [0.4, 0.5) is 16.2 Å². The Morgan fingerprint density at radius 3 is 2.33 bits per heavy atom. The van der Waals surface area contributed by atoms with Crippen LogP contribution in [0.15, 0.2) is 36.4 Å². The first-order valence-electron chi connectivity index (χ1n) is 17.4. The van der Waals surface area contributed by atoms with Gasteiger partial charge in [0, 0.05) is 88.7 Å². The molecule has 0 aliphatic carbocycles. The van der Waals surface area contributed by atoms with E-state index in [9.17, 15) is 14.4 Å². The fraction of sp³-hybridized carbons (Fsp3) is 0.541. The van der Waals surface area contributed by atoms with Gasteiger partial charge in [-0.1, -0.05) is 35.7 Å². The number of rotatable bonds is 7. The number of anilines is 2. The number of hydrogen-bond donors (Lipinski definition) is 2. The van der Waals surface area contributed by atoms with Crippen LogP contribution in [0, 0.1) is 18.3 Å². The Morgan fingerprint density at radius 2 is 1.62 bits per heavy atom. The molecule has 4 heterocycles. The van der Waals surface area contributed by atoms with E-state index >= 15 is 0 Å². The number of hydrogen-bond acceptors (Lipinski definition) is 6. The van der Waals surface area contributed by atoms with Gasteiger partial charge < -0.3 is 30.7 Å². The Labute approximate surface area is 289 Å². The maximum atomic E-state index is 14.2. The Balaban J connectivity index is 1.10. The molecular weight excluding hydrogens is 626 g/mol. The maximum absolute atomic E-state index is 14.2. The first-order chi connectivity index (χ1) is 23.2. The van der Waals surface area contributed by atoms with Gasteiger partial charge in [-0.2, -0.15) is 0 Å². The summed E-state index contributed by atoms with van der Waals surface area (Å²) in [5, 5.41) is 3.42. The predicted molar refractivity (Wildman–Crippen MR) is 190 cm³/mol. The number of halogens is 1. The number of nitrogens with one attached hydrogen (secondary N) is 1. The summed E-state index contributed by atoms with van der Waals surface area (Å²) in [5.41, 5.74) is 9.73. The fourth-order valence-electron chi connectivity index (χ4n) is 7.84. The van der Waals surface area contributed by atoms with Crippen molar-refractivity contribution in [1.82, 2.24) is 24.5 Å². The second-order valence-electron chi connectivity index (χ2n) is 13.8. The lowest BCUT2D eigenvalue weighted by Crippen LogP contribution is -2.53. The molecule has 1 atom stereocenters. The van der Waals surface area contributed by atoms with Crippen LogP contribution in [0.5, 0.6) is 0 Å². The van der Waals surface area contributed by atoms with Crippen molar-refractivity contribution in [2.75, 3.05) is 77.0 Å². The summed E-state index contributed by atoms with van der Waals surface area (Å²) in [6, 6.07) is 12.0. The topological polar surface area (TPSA) is 105 Å². The van der Waals surface area contributed by atoms with Gasteiger partial charge in [0.05, 0.1) is 16.6 Å². The quantitative estimate of drug-likeness (QED) is 0.343. The number of terminal acetylenes is 1. The van der Waals surface area contributed by atoms with Crippen molar-refractivity contribution in [2.24, 2.45) is 5.92 Å². The number of para-hydroxylation sites is 1. The molecule has 3 N–H and O–H groups in total. The molecule has 0 spiro atoms. The summed E-state index contributed by atoms with van der Waals surface area (Å²) >= 11 is 6.43. The van der Waals surface area contributed by atoms with Crippen LogP contribution in [-0.4, -0.2) is 120 Å². The molecule has 0 radical (unpaired) electrons. The zero-order valence-corrected chi connectivity index (χ0v) is 28.8. The van der Waals surface area contributed by atoms with Gasteiger partial charge in [0.15, 0.2) is 0 Å². The first kappa shape index (κ1) is 34.1. The third-order valence-electron chi connectivity index (χ3n) is 10.8. The fourth-order valence-corrected chi connectivity index (χ4v) is 8.09. The second-order valence-corrected chi connectivity index (χ2v) is 14.2. The van der Waals surface area contributed by atoms with Crippen molar-refractivity contribution in [1.29, 1.82) is 0 Å². The number of carbonyl (C=O) groups excluding carboxylic acids is 3. The predicted octanol–water partition coefficient (Wildman–Crippen LogP) is 3.77. The number of nitrogens with zero attached hydrogens (tertiary/aromatic N) is 5. The molecule has 3 fully saturated rings. The molecule has 0 saturated carbocycles. The largest absolute Gasteiger partial charge is 0.397 e. The smallest absolute Gasteiger partial charge is 0.322 e. The Kier molecular flexibility index (Phi) is 10.8. The van der Waals surface area contributed by atoms with Crippen LogP contribution in [-0.2, 0) is 22.4 Å². The normalized spacial score (nSPS) is 20.9. The molecule has 0 aromatic heterocycles.